The van der Waals surface area contributed by atoms with E-state index in [-0.39, 0.29) is 35.6 Å². The third-order valence-electron chi connectivity index (χ3n) is 11.1. The van der Waals surface area contributed by atoms with Crippen molar-refractivity contribution < 1.29 is 33.4 Å². The van der Waals surface area contributed by atoms with Crippen molar-refractivity contribution in [3.8, 4) is 0 Å². The van der Waals surface area contributed by atoms with Crippen molar-refractivity contribution in [3.05, 3.63) is 89.7 Å². The number of aromatic amines is 1. The predicted octanol–water partition coefficient (Wildman–Crippen LogP) is 6.12. The lowest BCUT2D eigenvalue weighted by Crippen LogP contribution is -2.54. The van der Waals surface area contributed by atoms with Crippen LogP contribution in [-0.2, 0) is 36.9 Å². The summed E-state index contributed by atoms with van der Waals surface area (Å²) in [6, 6.07) is 21.7. The maximum absolute atomic E-state index is 13.7. The van der Waals surface area contributed by atoms with Gasteiger partial charge in [0.1, 0.15) is 23.9 Å². The molecule has 15 heteroatoms. The van der Waals surface area contributed by atoms with Crippen LogP contribution in [0.1, 0.15) is 76.4 Å². The number of carbonyl (C=O) groups excluding carboxylic acids is 5. The summed E-state index contributed by atoms with van der Waals surface area (Å²) >= 11 is 0. The molecule has 3 aromatic carbocycles. The number of imidazole rings is 1. The molecule has 4 atom stereocenters. The molecule has 5 amide bonds. The number of para-hydroxylation sites is 1. The van der Waals surface area contributed by atoms with Crippen LogP contribution in [0.25, 0.3) is 11.0 Å². The molecule has 1 aromatic heterocycles. The smallest absolute Gasteiger partial charge is 0.407 e. The van der Waals surface area contributed by atoms with Crippen LogP contribution in [0.15, 0.2) is 72.8 Å². The summed E-state index contributed by atoms with van der Waals surface area (Å²) in [5.74, 6) is -0.313. The lowest BCUT2D eigenvalue weighted by molar-refractivity contribution is -0.139. The summed E-state index contributed by atoms with van der Waals surface area (Å²) in [5, 5.41) is 8.32. The second kappa shape index (κ2) is 19.1. The van der Waals surface area contributed by atoms with E-state index in [1.54, 1.807) is 4.90 Å². The minimum atomic E-state index is -0.802. The van der Waals surface area contributed by atoms with E-state index in [1.165, 1.54) is 14.2 Å². The molecule has 0 spiro atoms. The van der Waals surface area contributed by atoms with Crippen LogP contribution in [0.4, 0.5) is 21.0 Å². The Morgan fingerprint density at radius 3 is 1.97 bits per heavy atom. The number of alkyl carbamates (subject to hydrolysis) is 2. The van der Waals surface area contributed by atoms with Crippen LogP contribution in [0.3, 0.4) is 0 Å². The normalized spacial score (nSPS) is 17.5. The van der Waals surface area contributed by atoms with E-state index in [0.29, 0.717) is 44.7 Å². The van der Waals surface area contributed by atoms with Gasteiger partial charge in [-0.3, -0.25) is 14.4 Å². The van der Waals surface area contributed by atoms with Gasteiger partial charge in [0.15, 0.2) is 0 Å². The molecular weight excluding hydrogens is 753 g/mol. The topological polar surface area (TPSA) is 178 Å². The van der Waals surface area contributed by atoms with Gasteiger partial charge in [-0.1, -0.05) is 64.1 Å². The van der Waals surface area contributed by atoms with Gasteiger partial charge in [-0.15, -0.1) is 0 Å². The first-order chi connectivity index (χ1) is 28.4. The first-order valence-corrected chi connectivity index (χ1v) is 20.3. The number of hydrogen-bond donors (Lipinski definition) is 4. The van der Waals surface area contributed by atoms with Gasteiger partial charge in [0.05, 0.1) is 31.3 Å². The summed E-state index contributed by atoms with van der Waals surface area (Å²) in [4.78, 5) is 78.7. The predicted molar refractivity (Wildman–Crippen MR) is 224 cm³/mol. The van der Waals surface area contributed by atoms with Crippen molar-refractivity contribution in [3.63, 3.8) is 0 Å². The van der Waals surface area contributed by atoms with Gasteiger partial charge >= 0.3 is 12.2 Å². The minimum Gasteiger partial charge on any atom is -0.453 e. The zero-order chi connectivity index (χ0) is 42.2. The van der Waals surface area contributed by atoms with Gasteiger partial charge in [0.25, 0.3) is 0 Å². The molecule has 4 aromatic rings. The molecule has 2 fully saturated rings. The first-order valence-electron chi connectivity index (χ1n) is 20.3. The lowest BCUT2D eigenvalue weighted by Gasteiger charge is -2.30. The number of ether oxygens (including phenoxy) is 2. The Morgan fingerprint density at radius 2 is 1.34 bits per heavy atom. The molecule has 2 aliphatic heterocycles. The van der Waals surface area contributed by atoms with Gasteiger partial charge in [-0.05, 0) is 85.0 Å². The Bertz CT molecular complexity index is 2100. The number of H-pyrrole nitrogens is 1. The Hall–Kier alpha value is -6.12. The van der Waals surface area contributed by atoms with Crippen molar-refractivity contribution in [1.29, 1.82) is 0 Å². The van der Waals surface area contributed by atoms with E-state index in [4.69, 9.17) is 14.5 Å². The highest BCUT2D eigenvalue weighted by molar-refractivity contribution is 5.98. The third kappa shape index (κ3) is 10.1. The molecule has 314 valence electrons. The minimum absolute atomic E-state index is 0.123. The Balaban J connectivity index is 1.13. The molecule has 2 aliphatic rings. The van der Waals surface area contributed by atoms with E-state index >= 15 is 0 Å². The van der Waals surface area contributed by atoms with E-state index < -0.39 is 30.3 Å². The van der Waals surface area contributed by atoms with E-state index in [0.717, 1.165) is 46.5 Å². The summed E-state index contributed by atoms with van der Waals surface area (Å²) in [7, 11) is 2.54. The standard InChI is InChI=1S/C44H56N8O7/c1-27(2)37(48-43(56)58-5)41(54)51-22-10-14-35(51)39-46-33-21-18-30(24-34(33)47-39)26-50(32-12-8-7-9-13-32)25-29-16-19-31(20-17-29)45-40(53)36-15-11-23-52(36)42(55)38(28(3)4)49-44(57)59-6/h7-9,12-13,16-21,24,27-28,35-38H,10-11,14-15,22-23,25-26H2,1-6H3,(H,45,53)(H,46,47)(H,48,56)(H,49,57)/t35?,36-,37-,38-/m0/s1. The highest BCUT2D eigenvalue weighted by Gasteiger charge is 2.40. The van der Waals surface area contributed by atoms with Crippen molar-refractivity contribution in [2.75, 3.05) is 37.5 Å². The van der Waals surface area contributed by atoms with Crippen LogP contribution < -0.4 is 20.9 Å². The number of carbonyl (C=O) groups is 5. The largest absolute Gasteiger partial charge is 0.453 e. The van der Waals surface area contributed by atoms with Crippen LogP contribution in [0, 0.1) is 11.8 Å². The number of methoxy groups -OCH3 is 2. The van der Waals surface area contributed by atoms with E-state index in [9.17, 15) is 24.0 Å². The number of amides is 5. The second-order valence-electron chi connectivity index (χ2n) is 15.9. The van der Waals surface area contributed by atoms with Crippen molar-refractivity contribution in [2.45, 2.75) is 90.6 Å². The number of hydrogen-bond acceptors (Lipinski definition) is 9. The van der Waals surface area contributed by atoms with Crippen LogP contribution in [0.2, 0.25) is 0 Å². The highest BCUT2D eigenvalue weighted by Crippen LogP contribution is 2.33. The summed E-state index contributed by atoms with van der Waals surface area (Å²) < 4.78 is 9.50. The molecule has 0 saturated carbocycles. The lowest BCUT2D eigenvalue weighted by atomic mass is 10.0. The maximum atomic E-state index is 13.7. The zero-order valence-corrected chi connectivity index (χ0v) is 34.7. The molecule has 15 nitrogen and oxygen atoms in total. The molecule has 3 heterocycles. The van der Waals surface area contributed by atoms with E-state index in [2.05, 4.69) is 50.1 Å². The van der Waals surface area contributed by atoms with Gasteiger partial charge in [-0.25, -0.2) is 14.6 Å². The Morgan fingerprint density at radius 1 is 0.763 bits per heavy atom. The van der Waals surface area contributed by atoms with Crippen molar-refractivity contribution >= 4 is 52.3 Å². The molecule has 59 heavy (non-hydrogen) atoms. The van der Waals surface area contributed by atoms with Crippen molar-refractivity contribution in [1.82, 2.24) is 30.4 Å². The van der Waals surface area contributed by atoms with Crippen LogP contribution in [-0.4, -0.2) is 95.1 Å². The number of likely N-dealkylation sites (tertiary alicyclic amines) is 2. The quantitative estimate of drug-likeness (QED) is 0.117. The SMILES string of the molecule is COC(=O)N[C@H](C(=O)N1CCCC1c1nc2ccc(CN(Cc3ccc(NC(=O)[C@@H]4CCCN4C(=O)[C@@H](NC(=O)OC)C(C)C)cc3)c3ccccc3)cc2[nH]1)C(C)C. The number of anilines is 2. The van der Waals surface area contributed by atoms with Gasteiger partial charge in [0, 0.05) is 37.6 Å². The number of nitrogens with one attached hydrogen (secondary N) is 4. The van der Waals surface area contributed by atoms with Crippen molar-refractivity contribution in [2.24, 2.45) is 11.8 Å². The average Bonchev–Trinajstić information content (AvgIpc) is 4.02. The third-order valence-corrected chi connectivity index (χ3v) is 11.1. The molecule has 2 saturated heterocycles. The number of nitrogens with zero attached hydrogens (tertiary/aromatic N) is 4. The molecular formula is C44H56N8O7. The molecule has 0 aliphatic carbocycles. The molecule has 0 bridgehead atoms. The number of benzene rings is 3. The molecule has 6 rings (SSSR count). The van der Waals surface area contributed by atoms with Crippen LogP contribution in [0.5, 0.6) is 0 Å². The number of aromatic nitrogens is 2. The Labute approximate surface area is 345 Å². The summed E-state index contributed by atoms with van der Waals surface area (Å²) in [6.07, 6.45) is 1.49. The zero-order valence-electron chi connectivity index (χ0n) is 34.7. The summed E-state index contributed by atoms with van der Waals surface area (Å²) in [5.41, 5.74) is 5.46. The fourth-order valence-electron chi connectivity index (χ4n) is 7.94. The Kier molecular flexibility index (Phi) is 13.7. The molecule has 1 unspecified atom stereocenters. The molecule has 4 N–H and O–H groups in total. The van der Waals surface area contributed by atoms with E-state index in [1.807, 2.05) is 81.1 Å². The molecule has 0 radical (unpaired) electrons. The number of rotatable bonds is 14. The summed E-state index contributed by atoms with van der Waals surface area (Å²) in [6.45, 7) is 9.68. The number of fused-ring (bicyclic) bond motifs is 1. The average molecular weight is 809 g/mol. The monoisotopic (exact) mass is 808 g/mol. The van der Waals surface area contributed by atoms with Gasteiger partial charge in [-0.2, -0.15) is 0 Å². The fourth-order valence-corrected chi connectivity index (χ4v) is 7.94. The van der Waals surface area contributed by atoms with Gasteiger partial charge in [0.2, 0.25) is 17.7 Å². The highest BCUT2D eigenvalue weighted by atomic mass is 16.5. The fraction of sp³-hybridized carbons (Fsp3) is 0.455. The maximum Gasteiger partial charge on any atom is 0.407 e. The second-order valence-corrected chi connectivity index (χ2v) is 15.9. The van der Waals surface area contributed by atoms with Gasteiger partial charge < -0.3 is 45.1 Å². The first kappa shape index (κ1) is 42.5. The van der Waals surface area contributed by atoms with Crippen LogP contribution >= 0.6 is 0 Å².